The molecule has 0 saturated carbocycles. The van der Waals surface area contributed by atoms with Crippen LogP contribution in [0.3, 0.4) is 0 Å². The summed E-state index contributed by atoms with van der Waals surface area (Å²) in [4.78, 5) is 10.9. The lowest BCUT2D eigenvalue weighted by Gasteiger charge is -2.14. The Morgan fingerprint density at radius 2 is 1.93 bits per heavy atom. The van der Waals surface area contributed by atoms with E-state index in [4.69, 9.17) is 0 Å². The van der Waals surface area contributed by atoms with Crippen LogP contribution >= 0.6 is 0 Å². The lowest BCUT2D eigenvalue weighted by Crippen LogP contribution is -2.00. The van der Waals surface area contributed by atoms with E-state index in [-0.39, 0.29) is 11.6 Å². The van der Waals surface area contributed by atoms with Gasteiger partial charge >= 0.3 is 0 Å². The summed E-state index contributed by atoms with van der Waals surface area (Å²) in [6, 6.07) is 6.57. The molecule has 0 fully saturated rings. The first-order valence-electron chi connectivity index (χ1n) is 5.38. The predicted octanol–water partition coefficient (Wildman–Crippen LogP) is 3.69. The second-order valence-electron chi connectivity index (χ2n) is 3.90. The van der Waals surface area contributed by atoms with Crippen LogP contribution in [0.2, 0.25) is 0 Å². The minimum Gasteiger partial charge on any atom is -0.300 e. The van der Waals surface area contributed by atoms with Gasteiger partial charge in [0.1, 0.15) is 11.6 Å². The molecule has 0 bridgehead atoms. The fourth-order valence-electron chi connectivity index (χ4n) is 1.72. The van der Waals surface area contributed by atoms with Crippen LogP contribution in [0, 0.1) is 5.82 Å². The zero-order valence-electron chi connectivity index (χ0n) is 9.29. The van der Waals surface area contributed by atoms with Crippen molar-refractivity contribution < 1.29 is 9.18 Å². The van der Waals surface area contributed by atoms with Crippen molar-refractivity contribution in [2.24, 2.45) is 0 Å². The first-order valence-corrected chi connectivity index (χ1v) is 5.38. The largest absolute Gasteiger partial charge is 0.300 e. The fraction of sp³-hybridized carbons (Fsp3) is 0.462. The third-order valence-electron chi connectivity index (χ3n) is 2.68. The van der Waals surface area contributed by atoms with Crippen molar-refractivity contribution in [1.82, 2.24) is 0 Å². The van der Waals surface area contributed by atoms with E-state index in [9.17, 15) is 9.18 Å². The Kier molecular flexibility index (Phi) is 4.47. The summed E-state index contributed by atoms with van der Waals surface area (Å²) in [5, 5.41) is 0. The quantitative estimate of drug-likeness (QED) is 0.721. The maximum atomic E-state index is 12.7. The van der Waals surface area contributed by atoms with Crippen molar-refractivity contribution in [2.45, 2.75) is 39.0 Å². The van der Waals surface area contributed by atoms with Gasteiger partial charge in [-0.1, -0.05) is 19.1 Å². The van der Waals surface area contributed by atoms with Crippen LogP contribution in [0.1, 0.15) is 44.6 Å². The number of carbonyl (C=O) groups is 1. The van der Waals surface area contributed by atoms with Crippen molar-refractivity contribution in [2.75, 3.05) is 0 Å². The van der Waals surface area contributed by atoms with Gasteiger partial charge in [-0.3, -0.25) is 0 Å². The average Bonchev–Trinajstić information content (AvgIpc) is 2.21. The van der Waals surface area contributed by atoms with E-state index < -0.39 is 0 Å². The molecule has 0 aliphatic carbocycles. The van der Waals surface area contributed by atoms with Gasteiger partial charge in [-0.25, -0.2) is 4.39 Å². The Morgan fingerprint density at radius 1 is 1.33 bits per heavy atom. The highest BCUT2D eigenvalue weighted by molar-refractivity contribution is 5.75. The maximum Gasteiger partial charge on any atom is 0.129 e. The van der Waals surface area contributed by atoms with Gasteiger partial charge < -0.3 is 4.79 Å². The number of hydrogen-bond acceptors (Lipinski definition) is 1. The molecule has 1 rings (SSSR count). The Labute approximate surface area is 90.3 Å². The first-order chi connectivity index (χ1) is 7.13. The van der Waals surface area contributed by atoms with E-state index in [0.717, 1.165) is 18.4 Å². The lowest BCUT2D eigenvalue weighted by atomic mass is 9.91. The molecule has 0 spiro atoms. The highest BCUT2D eigenvalue weighted by Crippen LogP contribution is 2.24. The molecule has 0 aromatic heterocycles. The lowest BCUT2D eigenvalue weighted by molar-refractivity contribution is -0.117. The van der Waals surface area contributed by atoms with Crippen LogP contribution in [-0.2, 0) is 4.79 Å². The number of ketones is 1. The van der Waals surface area contributed by atoms with Crippen molar-refractivity contribution in [3.05, 3.63) is 35.6 Å². The van der Waals surface area contributed by atoms with Crippen LogP contribution in [0.5, 0.6) is 0 Å². The summed E-state index contributed by atoms with van der Waals surface area (Å²) in [5.74, 6) is 0.380. The molecular weight excluding hydrogens is 191 g/mol. The van der Waals surface area contributed by atoms with Gasteiger partial charge in [0.15, 0.2) is 0 Å². The van der Waals surface area contributed by atoms with Crippen molar-refractivity contribution in [3.63, 3.8) is 0 Å². The van der Waals surface area contributed by atoms with E-state index in [0.29, 0.717) is 12.3 Å². The molecule has 0 aliphatic rings. The number of rotatable bonds is 5. The van der Waals surface area contributed by atoms with E-state index in [1.807, 2.05) is 12.1 Å². The third-order valence-corrected chi connectivity index (χ3v) is 2.68. The van der Waals surface area contributed by atoms with Crippen LogP contribution in [-0.4, -0.2) is 5.78 Å². The van der Waals surface area contributed by atoms with Crippen LogP contribution in [0.4, 0.5) is 4.39 Å². The number of carbonyl (C=O) groups excluding carboxylic acids is 1. The summed E-state index contributed by atoms with van der Waals surface area (Å²) < 4.78 is 12.7. The van der Waals surface area contributed by atoms with E-state index in [1.54, 1.807) is 6.92 Å². The summed E-state index contributed by atoms with van der Waals surface area (Å²) in [6.45, 7) is 3.70. The molecule has 0 heterocycles. The maximum absolute atomic E-state index is 12.7. The topological polar surface area (TPSA) is 17.1 Å². The second-order valence-corrected chi connectivity index (χ2v) is 3.90. The molecule has 0 aliphatic heterocycles. The summed E-state index contributed by atoms with van der Waals surface area (Å²) in [5.41, 5.74) is 1.13. The van der Waals surface area contributed by atoms with E-state index >= 15 is 0 Å². The number of halogens is 1. The molecule has 0 N–H and O–H groups in total. The summed E-state index contributed by atoms with van der Waals surface area (Å²) in [7, 11) is 0. The standard InChI is InChI=1S/C13H17FO/c1-3-11(5-4-10(2)15)12-6-8-13(14)9-7-12/h6-9,11H,3-5H2,1-2H3. The van der Waals surface area contributed by atoms with Gasteiger partial charge in [-0.2, -0.15) is 0 Å². The highest BCUT2D eigenvalue weighted by Gasteiger charge is 2.10. The fourth-order valence-corrected chi connectivity index (χ4v) is 1.72. The molecule has 1 atom stereocenters. The first kappa shape index (κ1) is 11.9. The van der Waals surface area contributed by atoms with Crippen LogP contribution in [0.15, 0.2) is 24.3 Å². The monoisotopic (exact) mass is 208 g/mol. The molecule has 1 aromatic rings. The Balaban J connectivity index is 2.65. The molecule has 0 radical (unpaired) electrons. The van der Waals surface area contributed by atoms with Gasteiger partial charge in [0.05, 0.1) is 0 Å². The molecule has 15 heavy (non-hydrogen) atoms. The predicted molar refractivity (Wildman–Crippen MR) is 59.3 cm³/mol. The minimum atomic E-state index is -0.208. The van der Waals surface area contributed by atoms with Gasteiger partial charge in [0, 0.05) is 6.42 Å². The second kappa shape index (κ2) is 5.64. The van der Waals surface area contributed by atoms with E-state index in [2.05, 4.69) is 6.92 Å². The molecule has 1 aromatic carbocycles. The molecule has 1 unspecified atom stereocenters. The molecule has 82 valence electrons. The van der Waals surface area contributed by atoms with E-state index in [1.165, 1.54) is 12.1 Å². The molecular formula is C13H17FO. The average molecular weight is 208 g/mol. The van der Waals surface area contributed by atoms with Crippen LogP contribution < -0.4 is 0 Å². The van der Waals surface area contributed by atoms with Gasteiger partial charge in [0.2, 0.25) is 0 Å². The van der Waals surface area contributed by atoms with Crippen LogP contribution in [0.25, 0.3) is 0 Å². The van der Waals surface area contributed by atoms with Crippen molar-refractivity contribution in [1.29, 1.82) is 0 Å². The minimum absolute atomic E-state index is 0.208. The molecule has 1 nitrogen and oxygen atoms in total. The normalized spacial score (nSPS) is 12.5. The zero-order chi connectivity index (χ0) is 11.3. The number of Topliss-reactive ketones (excluding diaryl/α,β-unsaturated/α-hetero) is 1. The molecule has 2 heteroatoms. The number of hydrogen-bond donors (Lipinski definition) is 0. The van der Waals surface area contributed by atoms with Gasteiger partial charge in [-0.15, -0.1) is 0 Å². The summed E-state index contributed by atoms with van der Waals surface area (Å²) >= 11 is 0. The van der Waals surface area contributed by atoms with Crippen molar-refractivity contribution >= 4 is 5.78 Å². The Morgan fingerprint density at radius 3 is 2.40 bits per heavy atom. The Bertz CT molecular complexity index is 316. The van der Waals surface area contributed by atoms with Gasteiger partial charge in [-0.05, 0) is 43.4 Å². The SMILES string of the molecule is CCC(CCC(C)=O)c1ccc(F)cc1. The van der Waals surface area contributed by atoms with Crippen molar-refractivity contribution in [3.8, 4) is 0 Å². The smallest absolute Gasteiger partial charge is 0.129 e. The third kappa shape index (κ3) is 3.82. The molecule has 0 amide bonds. The highest BCUT2D eigenvalue weighted by atomic mass is 19.1. The summed E-state index contributed by atoms with van der Waals surface area (Å²) in [6.07, 6.45) is 2.45. The zero-order valence-corrected chi connectivity index (χ0v) is 9.29. The molecule has 0 saturated heterocycles. The Hall–Kier alpha value is -1.18. The number of benzene rings is 1. The van der Waals surface area contributed by atoms with Gasteiger partial charge in [0.25, 0.3) is 0 Å².